The van der Waals surface area contributed by atoms with E-state index in [0.717, 1.165) is 6.07 Å². The van der Waals surface area contributed by atoms with Crippen LogP contribution in [0.5, 0.6) is 0 Å². The Hall–Kier alpha value is -0.200. The van der Waals surface area contributed by atoms with Crippen molar-refractivity contribution in [2.24, 2.45) is 0 Å². The van der Waals surface area contributed by atoms with Gasteiger partial charge in [-0.05, 0) is 18.6 Å². The molecule has 1 aromatic rings. The summed E-state index contributed by atoms with van der Waals surface area (Å²) in [6.45, 7) is 1.50. The van der Waals surface area contributed by atoms with Crippen LogP contribution in [-0.4, -0.2) is 19.3 Å². The first-order chi connectivity index (χ1) is 5.95. The Morgan fingerprint density at radius 3 is 2.36 bits per heavy atom. The summed E-state index contributed by atoms with van der Waals surface area (Å²) >= 11 is 0. The van der Waals surface area contributed by atoms with Crippen molar-refractivity contribution in [3.05, 3.63) is 29.3 Å². The third-order valence-corrected chi connectivity index (χ3v) is 2.60. The van der Waals surface area contributed by atoms with Gasteiger partial charge in [0, 0.05) is 5.56 Å². The molecule has 0 N–H and O–H groups in total. The number of aryl methyl sites for hydroxylation is 1. The Balaban J connectivity index is 0.00000169. The van der Waals surface area contributed by atoms with E-state index in [1.54, 1.807) is 0 Å². The number of rotatable bonds is 2. The Kier molecular flexibility index (Phi) is 4.97. The number of carbonyl (C=O) groups excluding carboxylic acids is 1. The molecule has 0 aliphatic rings. The van der Waals surface area contributed by atoms with Gasteiger partial charge in [0.2, 0.25) is 0 Å². The van der Waals surface area contributed by atoms with Crippen LogP contribution in [0.15, 0.2) is 23.1 Å². The topological polar surface area (TPSA) is 74.3 Å². The zero-order valence-corrected chi connectivity index (χ0v) is 10.7. The quantitative estimate of drug-likeness (QED) is 0.321. The van der Waals surface area contributed by atoms with Crippen LogP contribution in [-0.2, 0) is 10.1 Å². The molecule has 1 aromatic carbocycles. The molecule has 4 nitrogen and oxygen atoms in total. The van der Waals surface area contributed by atoms with E-state index in [9.17, 15) is 17.8 Å². The molecule has 0 saturated carbocycles. The summed E-state index contributed by atoms with van der Waals surface area (Å²) in [7, 11) is -4.47. The molecule has 0 amide bonds. The van der Waals surface area contributed by atoms with Gasteiger partial charge < -0.3 is 4.55 Å². The second-order valence-electron chi connectivity index (χ2n) is 2.60. The zero-order chi connectivity index (χ0) is 10.1. The molecule has 0 spiro atoms. The van der Waals surface area contributed by atoms with Gasteiger partial charge in [0.1, 0.15) is 16.4 Å². The molecule has 0 aromatic heterocycles. The molecule has 1 rings (SSSR count). The minimum Gasteiger partial charge on any atom is -0.744 e. The molecule has 0 unspecified atom stereocenters. The minimum absolute atomic E-state index is 0. The van der Waals surface area contributed by atoms with Crippen LogP contribution < -0.4 is 29.6 Å². The van der Waals surface area contributed by atoms with E-state index in [0.29, 0.717) is 11.8 Å². The summed E-state index contributed by atoms with van der Waals surface area (Å²) in [5, 5.41) is 0. The molecule has 6 heteroatoms. The van der Waals surface area contributed by atoms with Crippen molar-refractivity contribution in [2.75, 3.05) is 0 Å². The largest absolute Gasteiger partial charge is 1.00 e. The Labute approximate surface area is 104 Å². The Bertz CT molecular complexity index is 439. The van der Waals surface area contributed by atoms with Gasteiger partial charge in [-0.2, -0.15) is 0 Å². The van der Waals surface area contributed by atoms with E-state index in [2.05, 4.69) is 0 Å². The van der Waals surface area contributed by atoms with Crippen LogP contribution in [0, 0.1) is 6.92 Å². The number of aldehydes is 1. The summed E-state index contributed by atoms with van der Waals surface area (Å²) in [6, 6.07) is 3.95. The van der Waals surface area contributed by atoms with Crippen molar-refractivity contribution in [1.82, 2.24) is 0 Å². The van der Waals surface area contributed by atoms with Crippen molar-refractivity contribution in [3.63, 3.8) is 0 Å². The van der Waals surface area contributed by atoms with Crippen molar-refractivity contribution in [2.45, 2.75) is 11.8 Å². The van der Waals surface area contributed by atoms with E-state index in [4.69, 9.17) is 0 Å². The molecule has 0 radical (unpaired) electrons. The number of hydrogen-bond acceptors (Lipinski definition) is 4. The minimum atomic E-state index is -4.47. The Morgan fingerprint density at radius 1 is 1.36 bits per heavy atom. The molecule has 70 valence electrons. The van der Waals surface area contributed by atoms with Gasteiger partial charge in [0.25, 0.3) is 0 Å². The van der Waals surface area contributed by atoms with E-state index in [1.807, 2.05) is 0 Å². The van der Waals surface area contributed by atoms with Gasteiger partial charge in [-0.15, -0.1) is 0 Å². The van der Waals surface area contributed by atoms with E-state index < -0.39 is 10.1 Å². The Morgan fingerprint density at radius 2 is 1.93 bits per heavy atom. The molecule has 0 bridgehead atoms. The zero-order valence-electron chi connectivity index (χ0n) is 7.85. The van der Waals surface area contributed by atoms with Crippen molar-refractivity contribution in [1.29, 1.82) is 0 Å². The maximum atomic E-state index is 10.7. The van der Waals surface area contributed by atoms with Gasteiger partial charge in [-0.3, -0.25) is 4.79 Å². The number of hydrogen-bond donors (Lipinski definition) is 0. The summed E-state index contributed by atoms with van der Waals surface area (Å²) < 4.78 is 32.0. The molecule has 14 heavy (non-hydrogen) atoms. The molecule has 0 saturated heterocycles. The SMILES string of the molecule is Cc1ccc(C=O)cc1S(=O)(=O)[O-].[Na+]. The van der Waals surface area contributed by atoms with Crippen LogP contribution in [0.2, 0.25) is 0 Å². The van der Waals surface area contributed by atoms with Crippen LogP contribution >= 0.6 is 0 Å². The third kappa shape index (κ3) is 3.18. The third-order valence-electron chi connectivity index (χ3n) is 1.62. The second kappa shape index (κ2) is 5.04. The predicted molar refractivity (Wildman–Crippen MR) is 44.5 cm³/mol. The maximum Gasteiger partial charge on any atom is 1.00 e. The standard InChI is InChI=1S/C8H8O4S.Na/c1-6-2-3-7(5-9)4-8(6)13(10,11)12;/h2-5H,1H3,(H,10,11,12);/q;+1/p-1. The first kappa shape index (κ1) is 13.8. The summed E-state index contributed by atoms with van der Waals surface area (Å²) in [5.41, 5.74) is 0.528. The van der Waals surface area contributed by atoms with Gasteiger partial charge in [-0.1, -0.05) is 12.1 Å². The summed E-state index contributed by atoms with van der Waals surface area (Å²) in [4.78, 5) is 9.96. The van der Waals surface area contributed by atoms with Gasteiger partial charge in [-0.25, -0.2) is 8.42 Å². The average molecular weight is 222 g/mol. The van der Waals surface area contributed by atoms with Crippen molar-refractivity contribution in [3.8, 4) is 0 Å². The molecular weight excluding hydrogens is 215 g/mol. The molecule has 0 aliphatic carbocycles. The number of benzene rings is 1. The normalized spacial score (nSPS) is 10.4. The second-order valence-corrected chi connectivity index (χ2v) is 3.94. The van der Waals surface area contributed by atoms with Gasteiger partial charge in [0.15, 0.2) is 0 Å². The first-order valence-electron chi connectivity index (χ1n) is 3.47. The van der Waals surface area contributed by atoms with E-state index in [1.165, 1.54) is 19.1 Å². The summed E-state index contributed by atoms with van der Waals surface area (Å²) in [6.07, 6.45) is 0.494. The fourth-order valence-electron chi connectivity index (χ4n) is 0.959. The molecule has 0 heterocycles. The summed E-state index contributed by atoms with van der Waals surface area (Å²) in [5.74, 6) is 0. The monoisotopic (exact) mass is 222 g/mol. The van der Waals surface area contributed by atoms with Gasteiger partial charge in [0.05, 0.1) is 4.90 Å². The van der Waals surface area contributed by atoms with Crippen LogP contribution in [0.25, 0.3) is 0 Å². The molecular formula is C8H7NaO4S. The van der Waals surface area contributed by atoms with E-state index >= 15 is 0 Å². The average Bonchev–Trinajstić information content (AvgIpc) is 2.03. The first-order valence-corrected chi connectivity index (χ1v) is 4.87. The van der Waals surface area contributed by atoms with Crippen LogP contribution in [0.1, 0.15) is 15.9 Å². The predicted octanol–water partition coefficient (Wildman–Crippen LogP) is -2.28. The van der Waals surface area contributed by atoms with E-state index in [-0.39, 0.29) is 40.0 Å². The van der Waals surface area contributed by atoms with Crippen molar-refractivity contribution < 1.29 is 47.3 Å². The maximum absolute atomic E-state index is 10.7. The number of carbonyl (C=O) groups is 1. The van der Waals surface area contributed by atoms with Crippen molar-refractivity contribution >= 4 is 16.4 Å². The van der Waals surface area contributed by atoms with Crippen LogP contribution in [0.3, 0.4) is 0 Å². The van der Waals surface area contributed by atoms with Crippen LogP contribution in [0.4, 0.5) is 0 Å². The smallest absolute Gasteiger partial charge is 0.744 e. The van der Waals surface area contributed by atoms with Gasteiger partial charge >= 0.3 is 29.6 Å². The molecule has 0 fully saturated rings. The molecule has 0 aliphatic heterocycles. The molecule has 0 atom stereocenters. The fraction of sp³-hybridized carbons (Fsp3) is 0.125. The fourth-order valence-corrected chi connectivity index (χ4v) is 1.70.